The van der Waals surface area contributed by atoms with E-state index in [1.165, 1.54) is 0 Å². The van der Waals surface area contributed by atoms with Gasteiger partial charge >= 0.3 is 0 Å². The molecule has 0 spiro atoms. The van der Waals surface area contributed by atoms with Gasteiger partial charge in [0.2, 0.25) is 0 Å². The number of nitrogens with one attached hydrogen (secondary N) is 1. The molecule has 0 bridgehead atoms. The Morgan fingerprint density at radius 3 is 2.64 bits per heavy atom. The molecule has 2 nitrogen and oxygen atoms in total. The SMILES string of the molecule is CNC(C)CCCOc1ccccc1. The molecule has 0 aliphatic rings. The summed E-state index contributed by atoms with van der Waals surface area (Å²) in [5.41, 5.74) is 0. The molecule has 0 radical (unpaired) electrons. The van der Waals surface area contributed by atoms with Crippen LogP contribution in [0.4, 0.5) is 0 Å². The lowest BCUT2D eigenvalue weighted by atomic mass is 10.2. The molecule has 1 N–H and O–H groups in total. The Morgan fingerprint density at radius 1 is 1.29 bits per heavy atom. The Balaban J connectivity index is 2.10. The van der Waals surface area contributed by atoms with Gasteiger partial charge in [-0.2, -0.15) is 0 Å². The topological polar surface area (TPSA) is 21.3 Å². The molecule has 1 unspecified atom stereocenters. The fourth-order valence-electron chi connectivity index (χ4n) is 1.24. The van der Waals surface area contributed by atoms with Crippen molar-refractivity contribution in [2.24, 2.45) is 0 Å². The van der Waals surface area contributed by atoms with E-state index in [4.69, 9.17) is 4.74 Å². The van der Waals surface area contributed by atoms with E-state index >= 15 is 0 Å². The van der Waals surface area contributed by atoms with E-state index in [2.05, 4.69) is 12.2 Å². The van der Waals surface area contributed by atoms with Crippen molar-refractivity contribution >= 4 is 0 Å². The number of benzene rings is 1. The lowest BCUT2D eigenvalue weighted by Crippen LogP contribution is -2.21. The zero-order valence-corrected chi connectivity index (χ0v) is 8.99. The molecule has 0 aliphatic heterocycles. The van der Waals surface area contributed by atoms with Gasteiger partial charge in [-0.3, -0.25) is 0 Å². The number of para-hydroxylation sites is 1. The molecule has 1 rings (SSSR count). The summed E-state index contributed by atoms with van der Waals surface area (Å²) in [6, 6.07) is 10.5. The van der Waals surface area contributed by atoms with E-state index in [9.17, 15) is 0 Å². The highest BCUT2D eigenvalue weighted by molar-refractivity contribution is 5.20. The van der Waals surface area contributed by atoms with Crippen LogP contribution in [0.2, 0.25) is 0 Å². The predicted molar refractivity (Wildman–Crippen MR) is 59.7 cm³/mol. The third-order valence-electron chi connectivity index (χ3n) is 2.29. The Labute approximate surface area is 86.3 Å². The fourth-order valence-corrected chi connectivity index (χ4v) is 1.24. The normalized spacial score (nSPS) is 12.4. The predicted octanol–water partition coefficient (Wildman–Crippen LogP) is 2.45. The van der Waals surface area contributed by atoms with Crippen molar-refractivity contribution in [3.05, 3.63) is 30.3 Å². The minimum absolute atomic E-state index is 0.578. The van der Waals surface area contributed by atoms with Crippen LogP contribution >= 0.6 is 0 Å². The summed E-state index contributed by atoms with van der Waals surface area (Å²) in [5, 5.41) is 3.21. The zero-order chi connectivity index (χ0) is 10.2. The second-order valence-corrected chi connectivity index (χ2v) is 3.49. The summed E-state index contributed by atoms with van der Waals surface area (Å²) in [4.78, 5) is 0. The molecule has 78 valence electrons. The van der Waals surface area contributed by atoms with Gasteiger partial charge in [-0.05, 0) is 38.9 Å². The highest BCUT2D eigenvalue weighted by Gasteiger charge is 1.97. The maximum atomic E-state index is 5.57. The van der Waals surface area contributed by atoms with Crippen LogP contribution in [0, 0.1) is 0 Å². The van der Waals surface area contributed by atoms with Crippen molar-refractivity contribution in [2.75, 3.05) is 13.7 Å². The molecular weight excluding hydrogens is 174 g/mol. The number of hydrogen-bond donors (Lipinski definition) is 1. The summed E-state index contributed by atoms with van der Waals surface area (Å²) in [5.74, 6) is 0.963. The molecule has 1 aromatic rings. The standard InChI is InChI=1S/C12H19NO/c1-11(13-2)7-6-10-14-12-8-4-3-5-9-12/h3-5,8-9,11,13H,6-7,10H2,1-2H3. The van der Waals surface area contributed by atoms with E-state index in [0.717, 1.165) is 25.2 Å². The minimum atomic E-state index is 0.578. The summed E-state index contributed by atoms with van der Waals surface area (Å²) >= 11 is 0. The van der Waals surface area contributed by atoms with Crippen LogP contribution < -0.4 is 10.1 Å². The van der Waals surface area contributed by atoms with Crippen LogP contribution in [-0.2, 0) is 0 Å². The first kappa shape index (κ1) is 11.1. The van der Waals surface area contributed by atoms with E-state index in [1.807, 2.05) is 37.4 Å². The second-order valence-electron chi connectivity index (χ2n) is 3.49. The average molecular weight is 193 g/mol. The zero-order valence-electron chi connectivity index (χ0n) is 8.99. The lowest BCUT2D eigenvalue weighted by molar-refractivity contribution is 0.299. The number of hydrogen-bond acceptors (Lipinski definition) is 2. The van der Waals surface area contributed by atoms with E-state index in [-0.39, 0.29) is 0 Å². The van der Waals surface area contributed by atoms with Crippen molar-refractivity contribution in [1.82, 2.24) is 5.32 Å². The van der Waals surface area contributed by atoms with E-state index in [0.29, 0.717) is 6.04 Å². The van der Waals surface area contributed by atoms with Gasteiger partial charge in [0.15, 0.2) is 0 Å². The minimum Gasteiger partial charge on any atom is -0.494 e. The van der Waals surface area contributed by atoms with E-state index in [1.54, 1.807) is 0 Å². The molecule has 14 heavy (non-hydrogen) atoms. The van der Waals surface area contributed by atoms with Crippen molar-refractivity contribution in [1.29, 1.82) is 0 Å². The molecule has 0 heterocycles. The largest absolute Gasteiger partial charge is 0.494 e. The monoisotopic (exact) mass is 193 g/mol. The van der Waals surface area contributed by atoms with E-state index < -0.39 is 0 Å². The Hall–Kier alpha value is -1.02. The number of ether oxygens (including phenoxy) is 1. The Kier molecular flexibility index (Phi) is 5.08. The molecule has 0 saturated carbocycles. The Bertz CT molecular complexity index is 235. The molecule has 0 amide bonds. The summed E-state index contributed by atoms with van der Waals surface area (Å²) in [7, 11) is 1.99. The molecule has 0 aromatic heterocycles. The highest BCUT2D eigenvalue weighted by atomic mass is 16.5. The summed E-state index contributed by atoms with van der Waals surface area (Å²) in [6.45, 7) is 2.98. The first-order chi connectivity index (χ1) is 6.83. The molecule has 0 saturated heterocycles. The third-order valence-corrected chi connectivity index (χ3v) is 2.29. The molecule has 2 heteroatoms. The molecule has 1 atom stereocenters. The number of rotatable bonds is 6. The van der Waals surface area contributed by atoms with Crippen molar-refractivity contribution in [3.8, 4) is 5.75 Å². The van der Waals surface area contributed by atoms with Crippen LogP contribution in [-0.4, -0.2) is 19.7 Å². The second kappa shape index (κ2) is 6.44. The van der Waals surface area contributed by atoms with Gasteiger partial charge in [-0.1, -0.05) is 18.2 Å². The van der Waals surface area contributed by atoms with Gasteiger partial charge in [-0.25, -0.2) is 0 Å². The van der Waals surface area contributed by atoms with Crippen molar-refractivity contribution in [2.45, 2.75) is 25.8 Å². The van der Waals surface area contributed by atoms with Gasteiger partial charge in [0, 0.05) is 6.04 Å². The van der Waals surface area contributed by atoms with Crippen LogP contribution in [0.15, 0.2) is 30.3 Å². The molecule has 0 aliphatic carbocycles. The summed E-state index contributed by atoms with van der Waals surface area (Å²) < 4.78 is 5.57. The van der Waals surface area contributed by atoms with Crippen LogP contribution in [0.25, 0.3) is 0 Å². The maximum absolute atomic E-state index is 5.57. The van der Waals surface area contributed by atoms with Gasteiger partial charge in [0.05, 0.1) is 6.61 Å². The average Bonchev–Trinajstić information content (AvgIpc) is 2.25. The third kappa shape index (κ3) is 4.28. The smallest absolute Gasteiger partial charge is 0.119 e. The van der Waals surface area contributed by atoms with Crippen molar-refractivity contribution < 1.29 is 4.74 Å². The fraction of sp³-hybridized carbons (Fsp3) is 0.500. The van der Waals surface area contributed by atoms with Crippen LogP contribution in [0.5, 0.6) is 5.75 Å². The molecular formula is C12H19NO. The van der Waals surface area contributed by atoms with Gasteiger partial charge in [0.1, 0.15) is 5.75 Å². The lowest BCUT2D eigenvalue weighted by Gasteiger charge is -2.10. The molecule has 1 aromatic carbocycles. The van der Waals surface area contributed by atoms with Crippen LogP contribution in [0.3, 0.4) is 0 Å². The molecule has 0 fully saturated rings. The highest BCUT2D eigenvalue weighted by Crippen LogP contribution is 2.09. The van der Waals surface area contributed by atoms with Gasteiger partial charge in [0.25, 0.3) is 0 Å². The first-order valence-corrected chi connectivity index (χ1v) is 5.18. The Morgan fingerprint density at radius 2 is 2.00 bits per heavy atom. The quantitative estimate of drug-likeness (QED) is 0.701. The van der Waals surface area contributed by atoms with Gasteiger partial charge in [-0.15, -0.1) is 0 Å². The first-order valence-electron chi connectivity index (χ1n) is 5.18. The van der Waals surface area contributed by atoms with Gasteiger partial charge < -0.3 is 10.1 Å². The maximum Gasteiger partial charge on any atom is 0.119 e. The summed E-state index contributed by atoms with van der Waals surface area (Å²) in [6.07, 6.45) is 2.25. The van der Waals surface area contributed by atoms with Crippen molar-refractivity contribution in [3.63, 3.8) is 0 Å². The van der Waals surface area contributed by atoms with Crippen LogP contribution in [0.1, 0.15) is 19.8 Å².